The van der Waals surface area contributed by atoms with Gasteiger partial charge in [-0.1, -0.05) is 19.9 Å². The Bertz CT molecular complexity index is 419. The molecule has 20 heavy (non-hydrogen) atoms. The van der Waals surface area contributed by atoms with Crippen LogP contribution in [0.2, 0.25) is 0 Å². The minimum Gasteiger partial charge on any atom is -0.497 e. The minimum atomic E-state index is -4.21. The van der Waals surface area contributed by atoms with E-state index in [1.807, 2.05) is 13.8 Å². The third-order valence-corrected chi connectivity index (χ3v) is 2.62. The van der Waals surface area contributed by atoms with Crippen LogP contribution < -0.4 is 14.8 Å². The molecule has 0 fully saturated rings. The Morgan fingerprint density at radius 1 is 1.25 bits per heavy atom. The van der Waals surface area contributed by atoms with Gasteiger partial charge in [-0.25, -0.2) is 0 Å². The monoisotopic (exact) mass is 291 g/mol. The topological polar surface area (TPSA) is 30.5 Å². The molecule has 0 atom stereocenters. The number of halogens is 3. The molecule has 0 aliphatic carbocycles. The summed E-state index contributed by atoms with van der Waals surface area (Å²) in [5, 5.41) is 3.20. The van der Waals surface area contributed by atoms with Gasteiger partial charge in [0.15, 0.2) is 0 Å². The standard InChI is InChI=1S/C14H20F3NO2/c1-10(2)18-9-11-4-5-12(19-3)8-13(11)20-7-6-14(15,16)17/h4-5,8,10,18H,6-7,9H2,1-3H3. The van der Waals surface area contributed by atoms with E-state index < -0.39 is 19.2 Å². The third-order valence-electron chi connectivity index (χ3n) is 2.62. The van der Waals surface area contributed by atoms with Crippen LogP contribution in [-0.4, -0.2) is 25.9 Å². The van der Waals surface area contributed by atoms with Crippen LogP contribution in [0.5, 0.6) is 11.5 Å². The Balaban J connectivity index is 2.73. The molecule has 0 aromatic heterocycles. The number of nitrogens with one attached hydrogen (secondary N) is 1. The molecule has 0 unspecified atom stereocenters. The number of ether oxygens (including phenoxy) is 2. The van der Waals surface area contributed by atoms with Crippen molar-refractivity contribution in [2.24, 2.45) is 0 Å². The maximum atomic E-state index is 12.1. The lowest BCUT2D eigenvalue weighted by molar-refractivity contribution is -0.139. The number of alkyl halides is 3. The van der Waals surface area contributed by atoms with Gasteiger partial charge in [0.05, 0.1) is 20.1 Å². The fraction of sp³-hybridized carbons (Fsp3) is 0.571. The molecule has 0 bridgehead atoms. The van der Waals surface area contributed by atoms with E-state index in [4.69, 9.17) is 9.47 Å². The van der Waals surface area contributed by atoms with Gasteiger partial charge >= 0.3 is 6.18 Å². The second kappa shape index (κ2) is 7.38. The third kappa shape index (κ3) is 6.14. The second-order valence-corrected chi connectivity index (χ2v) is 4.72. The first-order valence-electron chi connectivity index (χ1n) is 6.41. The van der Waals surface area contributed by atoms with Gasteiger partial charge in [0.25, 0.3) is 0 Å². The van der Waals surface area contributed by atoms with Crippen molar-refractivity contribution in [1.29, 1.82) is 0 Å². The molecular formula is C14H20F3NO2. The molecule has 1 aromatic rings. The Labute approximate surface area is 117 Å². The average Bonchev–Trinajstić information content (AvgIpc) is 2.35. The van der Waals surface area contributed by atoms with Crippen LogP contribution in [0.3, 0.4) is 0 Å². The van der Waals surface area contributed by atoms with Crippen LogP contribution in [0.4, 0.5) is 13.2 Å². The number of methoxy groups -OCH3 is 1. The van der Waals surface area contributed by atoms with E-state index in [9.17, 15) is 13.2 Å². The second-order valence-electron chi connectivity index (χ2n) is 4.72. The number of benzene rings is 1. The molecule has 6 heteroatoms. The van der Waals surface area contributed by atoms with Crippen LogP contribution in [-0.2, 0) is 6.54 Å². The molecule has 3 nitrogen and oxygen atoms in total. The van der Waals surface area contributed by atoms with Crippen molar-refractivity contribution in [1.82, 2.24) is 5.32 Å². The van der Waals surface area contributed by atoms with Crippen molar-refractivity contribution < 1.29 is 22.6 Å². The number of rotatable bonds is 7. The van der Waals surface area contributed by atoms with Gasteiger partial charge in [0, 0.05) is 24.2 Å². The average molecular weight is 291 g/mol. The normalized spacial score (nSPS) is 11.8. The fourth-order valence-electron chi connectivity index (χ4n) is 1.53. The zero-order chi connectivity index (χ0) is 15.2. The van der Waals surface area contributed by atoms with Crippen LogP contribution in [0.1, 0.15) is 25.8 Å². The molecule has 0 aliphatic rings. The minimum absolute atomic E-state index is 0.278. The first-order chi connectivity index (χ1) is 9.31. The predicted octanol–water partition coefficient (Wildman–Crippen LogP) is 3.52. The smallest absolute Gasteiger partial charge is 0.392 e. The molecule has 0 radical (unpaired) electrons. The molecule has 0 saturated carbocycles. The van der Waals surface area contributed by atoms with Crippen LogP contribution in [0.15, 0.2) is 18.2 Å². The lowest BCUT2D eigenvalue weighted by Gasteiger charge is -2.15. The zero-order valence-electron chi connectivity index (χ0n) is 11.9. The van der Waals surface area contributed by atoms with Gasteiger partial charge < -0.3 is 14.8 Å². The van der Waals surface area contributed by atoms with Crippen LogP contribution >= 0.6 is 0 Å². The highest BCUT2D eigenvalue weighted by Crippen LogP contribution is 2.26. The summed E-state index contributed by atoms with van der Waals surface area (Å²) < 4.78 is 46.7. The highest BCUT2D eigenvalue weighted by Gasteiger charge is 2.27. The number of hydrogen-bond donors (Lipinski definition) is 1. The van der Waals surface area contributed by atoms with E-state index >= 15 is 0 Å². The molecule has 0 aliphatic heterocycles. The maximum Gasteiger partial charge on any atom is 0.392 e. The van der Waals surface area contributed by atoms with E-state index in [-0.39, 0.29) is 6.04 Å². The first-order valence-corrected chi connectivity index (χ1v) is 6.41. The summed E-state index contributed by atoms with van der Waals surface area (Å²) in [5.74, 6) is 0.974. The maximum absolute atomic E-state index is 12.1. The van der Waals surface area contributed by atoms with Gasteiger partial charge in [0.2, 0.25) is 0 Å². The molecule has 0 amide bonds. The molecule has 1 aromatic carbocycles. The summed E-state index contributed by atoms with van der Waals surface area (Å²) in [6.45, 7) is 4.12. The summed E-state index contributed by atoms with van der Waals surface area (Å²) in [6, 6.07) is 5.43. The van der Waals surface area contributed by atoms with Crippen molar-refractivity contribution >= 4 is 0 Å². The molecule has 0 saturated heterocycles. The van der Waals surface area contributed by atoms with E-state index in [1.165, 1.54) is 7.11 Å². The molecule has 1 N–H and O–H groups in total. The number of hydrogen-bond acceptors (Lipinski definition) is 3. The van der Waals surface area contributed by atoms with E-state index in [2.05, 4.69) is 5.32 Å². The highest BCUT2D eigenvalue weighted by atomic mass is 19.4. The Kier molecular flexibility index (Phi) is 6.13. The van der Waals surface area contributed by atoms with Crippen molar-refractivity contribution in [2.45, 2.75) is 39.0 Å². The van der Waals surface area contributed by atoms with E-state index in [0.29, 0.717) is 18.0 Å². The summed E-state index contributed by atoms with van der Waals surface area (Å²) in [4.78, 5) is 0. The molecule has 114 valence electrons. The fourth-order valence-corrected chi connectivity index (χ4v) is 1.53. The summed E-state index contributed by atoms with van der Waals surface area (Å²) in [6.07, 6.45) is -5.18. The summed E-state index contributed by atoms with van der Waals surface area (Å²) in [7, 11) is 1.50. The van der Waals surface area contributed by atoms with E-state index in [1.54, 1.807) is 18.2 Å². The first kappa shape index (κ1) is 16.6. The van der Waals surface area contributed by atoms with Gasteiger partial charge in [-0.3, -0.25) is 0 Å². The summed E-state index contributed by atoms with van der Waals surface area (Å²) in [5.41, 5.74) is 0.807. The van der Waals surface area contributed by atoms with Crippen molar-refractivity contribution in [3.63, 3.8) is 0 Å². The van der Waals surface area contributed by atoms with Crippen LogP contribution in [0, 0.1) is 0 Å². The molecular weight excluding hydrogens is 271 g/mol. The van der Waals surface area contributed by atoms with Gasteiger partial charge in [0.1, 0.15) is 11.5 Å². The lowest BCUT2D eigenvalue weighted by atomic mass is 10.2. The molecule has 0 heterocycles. The Morgan fingerprint density at radius 2 is 1.95 bits per heavy atom. The molecule has 0 spiro atoms. The van der Waals surface area contributed by atoms with Gasteiger partial charge in [-0.2, -0.15) is 13.2 Å². The van der Waals surface area contributed by atoms with Gasteiger partial charge in [-0.05, 0) is 6.07 Å². The SMILES string of the molecule is COc1ccc(CNC(C)C)c(OCCC(F)(F)F)c1. The Morgan fingerprint density at radius 3 is 2.50 bits per heavy atom. The molecule has 1 rings (SSSR count). The zero-order valence-corrected chi connectivity index (χ0v) is 11.9. The van der Waals surface area contributed by atoms with Gasteiger partial charge in [-0.15, -0.1) is 0 Å². The van der Waals surface area contributed by atoms with Crippen molar-refractivity contribution in [3.8, 4) is 11.5 Å². The summed E-state index contributed by atoms with van der Waals surface area (Å²) >= 11 is 0. The Hall–Kier alpha value is -1.43. The predicted molar refractivity (Wildman–Crippen MR) is 71.1 cm³/mol. The quantitative estimate of drug-likeness (QED) is 0.833. The van der Waals surface area contributed by atoms with Crippen molar-refractivity contribution in [3.05, 3.63) is 23.8 Å². The lowest BCUT2D eigenvalue weighted by Crippen LogP contribution is -2.22. The largest absolute Gasteiger partial charge is 0.497 e. The van der Waals surface area contributed by atoms with Crippen molar-refractivity contribution in [2.75, 3.05) is 13.7 Å². The highest BCUT2D eigenvalue weighted by molar-refractivity contribution is 5.40. The van der Waals surface area contributed by atoms with Crippen LogP contribution in [0.25, 0.3) is 0 Å². The van der Waals surface area contributed by atoms with E-state index in [0.717, 1.165) is 5.56 Å².